The Balaban J connectivity index is 2.02. The van der Waals surface area contributed by atoms with E-state index in [2.05, 4.69) is 4.98 Å². The van der Waals surface area contributed by atoms with E-state index in [4.69, 9.17) is 15.2 Å². The van der Waals surface area contributed by atoms with Gasteiger partial charge in [0.05, 0.1) is 26.0 Å². The summed E-state index contributed by atoms with van der Waals surface area (Å²) in [5.74, 6) is 0.952. The van der Waals surface area contributed by atoms with Crippen molar-refractivity contribution in [2.45, 2.75) is 26.7 Å². The molecule has 0 fully saturated rings. The minimum atomic E-state index is 0.153. The maximum absolute atomic E-state index is 9.95. The monoisotopic (exact) mass is 288 g/mol. The molecule has 2 aromatic rings. The summed E-state index contributed by atoms with van der Waals surface area (Å²) in [4.78, 5) is 4.13. The first kappa shape index (κ1) is 15.3. The van der Waals surface area contributed by atoms with Gasteiger partial charge in [-0.15, -0.1) is 0 Å². The summed E-state index contributed by atoms with van der Waals surface area (Å²) in [6, 6.07) is 7.70. The normalized spacial score (nSPS) is 10.6. The Morgan fingerprint density at radius 2 is 2.10 bits per heavy atom. The molecule has 5 nitrogen and oxygen atoms in total. The molecule has 0 saturated carbocycles. The predicted octanol–water partition coefficient (Wildman–Crippen LogP) is 2.28. The lowest BCUT2D eigenvalue weighted by Gasteiger charge is -2.12. The first-order valence-electron chi connectivity index (χ1n) is 6.72. The Kier molecular flexibility index (Phi) is 5.14. The van der Waals surface area contributed by atoms with Crippen LogP contribution in [-0.4, -0.2) is 17.2 Å². The zero-order valence-electron chi connectivity index (χ0n) is 12.3. The molecule has 0 unspecified atom stereocenters. The quantitative estimate of drug-likeness (QED) is 0.852. The third-order valence-corrected chi connectivity index (χ3v) is 3.29. The van der Waals surface area contributed by atoms with E-state index in [9.17, 15) is 5.11 Å². The van der Waals surface area contributed by atoms with Crippen molar-refractivity contribution >= 4 is 0 Å². The highest BCUT2D eigenvalue weighted by atomic mass is 16.5. The van der Waals surface area contributed by atoms with Crippen molar-refractivity contribution in [3.05, 3.63) is 52.8 Å². The number of methoxy groups -OCH3 is 1. The van der Waals surface area contributed by atoms with Crippen molar-refractivity contribution in [3.63, 3.8) is 0 Å². The molecule has 1 aromatic carbocycles. The molecular weight excluding hydrogens is 268 g/mol. The lowest BCUT2D eigenvalue weighted by molar-refractivity contribution is 0.106. The number of hydrogen-bond acceptors (Lipinski definition) is 5. The second-order valence-corrected chi connectivity index (χ2v) is 4.74. The van der Waals surface area contributed by atoms with Crippen molar-refractivity contribution in [2.75, 3.05) is 7.11 Å². The number of nitrogens with zero attached hydrogens (tertiary/aromatic N) is 1. The van der Waals surface area contributed by atoms with Crippen molar-refractivity contribution in [2.24, 2.45) is 5.73 Å². The summed E-state index contributed by atoms with van der Waals surface area (Å²) in [5, 5.41) is 9.95. The van der Waals surface area contributed by atoms with Gasteiger partial charge in [-0.2, -0.15) is 0 Å². The number of hydrogen-bond donors (Lipinski definition) is 2. The van der Waals surface area contributed by atoms with Crippen LogP contribution in [0.2, 0.25) is 0 Å². The molecule has 1 aromatic heterocycles. The molecule has 0 atom stereocenters. The fourth-order valence-corrected chi connectivity index (χ4v) is 2.08. The van der Waals surface area contributed by atoms with Gasteiger partial charge in [0.1, 0.15) is 11.5 Å². The van der Waals surface area contributed by atoms with Crippen LogP contribution in [0.1, 0.15) is 22.4 Å². The van der Waals surface area contributed by atoms with Crippen LogP contribution in [0.15, 0.2) is 30.5 Å². The zero-order chi connectivity index (χ0) is 15.2. The van der Waals surface area contributed by atoms with Gasteiger partial charge in [0.25, 0.3) is 0 Å². The largest absolute Gasteiger partial charge is 0.506 e. The Morgan fingerprint density at radius 3 is 2.81 bits per heavy atom. The lowest BCUT2D eigenvalue weighted by Crippen LogP contribution is -2.06. The van der Waals surface area contributed by atoms with Crippen LogP contribution >= 0.6 is 0 Å². The minimum absolute atomic E-state index is 0.153. The van der Waals surface area contributed by atoms with Crippen LogP contribution < -0.4 is 10.5 Å². The molecule has 3 N–H and O–H groups in total. The van der Waals surface area contributed by atoms with Crippen molar-refractivity contribution in [1.29, 1.82) is 0 Å². The smallest absolute Gasteiger partial charge is 0.141 e. The molecule has 0 aliphatic rings. The molecule has 0 amide bonds. The Labute approximate surface area is 124 Å². The fourth-order valence-electron chi connectivity index (χ4n) is 2.08. The molecule has 0 spiro atoms. The number of benzene rings is 1. The van der Waals surface area contributed by atoms with E-state index < -0.39 is 0 Å². The highest BCUT2D eigenvalue weighted by Gasteiger charge is 2.10. The number of pyridine rings is 1. The second kappa shape index (κ2) is 7.06. The zero-order valence-corrected chi connectivity index (χ0v) is 12.3. The molecule has 21 heavy (non-hydrogen) atoms. The molecule has 5 heteroatoms. The van der Waals surface area contributed by atoms with E-state index >= 15 is 0 Å². The van der Waals surface area contributed by atoms with Crippen LogP contribution in [0.3, 0.4) is 0 Å². The molecule has 0 bridgehead atoms. The van der Waals surface area contributed by atoms with Crippen molar-refractivity contribution < 1.29 is 14.6 Å². The van der Waals surface area contributed by atoms with E-state index in [0.717, 1.165) is 16.9 Å². The molecule has 1 heterocycles. The van der Waals surface area contributed by atoms with Gasteiger partial charge in [-0.05, 0) is 24.6 Å². The van der Waals surface area contributed by atoms with Crippen LogP contribution in [0.25, 0.3) is 0 Å². The van der Waals surface area contributed by atoms with E-state index in [1.807, 2.05) is 24.3 Å². The summed E-state index contributed by atoms with van der Waals surface area (Å²) < 4.78 is 10.9. The van der Waals surface area contributed by atoms with Crippen molar-refractivity contribution in [3.8, 4) is 11.5 Å². The summed E-state index contributed by atoms with van der Waals surface area (Å²) in [6.07, 6.45) is 1.70. The van der Waals surface area contributed by atoms with Gasteiger partial charge >= 0.3 is 0 Å². The number of ether oxygens (including phenoxy) is 2. The molecule has 0 radical (unpaired) electrons. The molecule has 0 aliphatic heterocycles. The minimum Gasteiger partial charge on any atom is -0.506 e. The van der Waals surface area contributed by atoms with Crippen LogP contribution in [0, 0.1) is 6.92 Å². The first-order chi connectivity index (χ1) is 10.2. The number of aromatic hydroxyl groups is 1. The molecule has 0 saturated heterocycles. The van der Waals surface area contributed by atoms with Crippen LogP contribution in [0.4, 0.5) is 0 Å². The van der Waals surface area contributed by atoms with Gasteiger partial charge in [-0.1, -0.05) is 12.1 Å². The number of aromatic nitrogens is 1. The molecule has 2 rings (SSSR count). The maximum Gasteiger partial charge on any atom is 0.141 e. The molecule has 112 valence electrons. The molecule has 0 aliphatic carbocycles. The predicted molar refractivity (Wildman–Crippen MR) is 80.0 cm³/mol. The Bertz CT molecular complexity index is 614. The third-order valence-electron chi connectivity index (χ3n) is 3.29. The average molecular weight is 288 g/mol. The van der Waals surface area contributed by atoms with Gasteiger partial charge < -0.3 is 20.3 Å². The topological polar surface area (TPSA) is 77.6 Å². The lowest BCUT2D eigenvalue weighted by atomic mass is 10.1. The Hall–Kier alpha value is -2.11. The summed E-state index contributed by atoms with van der Waals surface area (Å²) in [5.41, 5.74) is 8.78. The second-order valence-electron chi connectivity index (χ2n) is 4.74. The summed E-state index contributed by atoms with van der Waals surface area (Å²) in [7, 11) is 1.63. The number of aryl methyl sites for hydroxylation is 1. The van der Waals surface area contributed by atoms with Gasteiger partial charge in [-0.25, -0.2) is 0 Å². The van der Waals surface area contributed by atoms with E-state index in [1.165, 1.54) is 0 Å². The summed E-state index contributed by atoms with van der Waals surface area (Å²) >= 11 is 0. The van der Waals surface area contributed by atoms with Gasteiger partial charge in [0.15, 0.2) is 0 Å². The maximum atomic E-state index is 9.95. The first-order valence-corrected chi connectivity index (χ1v) is 6.72. The SMILES string of the molecule is COc1cccc(COCc2cnc(C)c(O)c2CN)c1. The Morgan fingerprint density at radius 1 is 1.29 bits per heavy atom. The van der Waals surface area contributed by atoms with E-state index in [1.54, 1.807) is 20.2 Å². The van der Waals surface area contributed by atoms with E-state index in [0.29, 0.717) is 24.5 Å². The van der Waals surface area contributed by atoms with Crippen molar-refractivity contribution in [1.82, 2.24) is 4.98 Å². The fraction of sp³-hybridized carbons (Fsp3) is 0.312. The van der Waals surface area contributed by atoms with Gasteiger partial charge in [0.2, 0.25) is 0 Å². The number of rotatable bonds is 6. The van der Waals surface area contributed by atoms with Gasteiger partial charge in [0, 0.05) is 23.9 Å². The average Bonchev–Trinajstić information content (AvgIpc) is 2.51. The summed E-state index contributed by atoms with van der Waals surface area (Å²) in [6.45, 7) is 2.81. The van der Waals surface area contributed by atoms with Crippen LogP contribution in [-0.2, 0) is 24.5 Å². The highest BCUT2D eigenvalue weighted by molar-refractivity contribution is 5.40. The van der Waals surface area contributed by atoms with Crippen LogP contribution in [0.5, 0.6) is 11.5 Å². The van der Waals surface area contributed by atoms with E-state index in [-0.39, 0.29) is 12.3 Å². The third kappa shape index (κ3) is 3.71. The standard InChI is InChI=1S/C16H20N2O3/c1-11-16(19)15(7-17)13(8-18-11)10-21-9-12-4-3-5-14(6-12)20-2/h3-6,8,19H,7,9-10,17H2,1-2H3. The number of nitrogens with two attached hydrogens (primary N) is 1. The highest BCUT2D eigenvalue weighted by Crippen LogP contribution is 2.24. The van der Waals surface area contributed by atoms with Gasteiger partial charge in [-0.3, -0.25) is 4.98 Å². The molecular formula is C16H20N2O3.